The second-order valence-corrected chi connectivity index (χ2v) is 4.59. The summed E-state index contributed by atoms with van der Waals surface area (Å²) < 4.78 is 5.33. The lowest BCUT2D eigenvalue weighted by atomic mass is 9.86. The maximum absolute atomic E-state index is 5.33. The van der Waals surface area contributed by atoms with Crippen molar-refractivity contribution in [2.45, 2.75) is 31.1 Å². The molecule has 0 aliphatic heterocycles. The van der Waals surface area contributed by atoms with Gasteiger partial charge in [-0.25, -0.2) is 0 Å². The van der Waals surface area contributed by atoms with Gasteiger partial charge in [0.05, 0.1) is 7.11 Å². The second-order valence-electron chi connectivity index (χ2n) is 4.11. The summed E-state index contributed by atoms with van der Waals surface area (Å²) in [6.45, 7) is 6.49. The van der Waals surface area contributed by atoms with E-state index < -0.39 is 0 Å². The lowest BCUT2D eigenvalue weighted by molar-refractivity contribution is 0.388. The zero-order chi connectivity index (χ0) is 10.1. The zero-order valence-electron chi connectivity index (χ0n) is 8.59. The number of thiol groups is 1. The van der Waals surface area contributed by atoms with Crippen LogP contribution in [0, 0.1) is 0 Å². The van der Waals surface area contributed by atoms with Crippen LogP contribution in [0.3, 0.4) is 0 Å². The van der Waals surface area contributed by atoms with Crippen LogP contribution in [0.1, 0.15) is 26.3 Å². The van der Waals surface area contributed by atoms with Gasteiger partial charge in [0.2, 0.25) is 0 Å². The molecule has 0 saturated heterocycles. The Morgan fingerprint density at radius 1 is 1.23 bits per heavy atom. The van der Waals surface area contributed by atoms with Crippen LogP contribution < -0.4 is 4.74 Å². The van der Waals surface area contributed by atoms with E-state index >= 15 is 0 Å². The molecule has 0 aliphatic rings. The third-order valence-electron chi connectivity index (χ3n) is 2.01. The molecule has 0 radical (unpaired) electrons. The van der Waals surface area contributed by atoms with Crippen molar-refractivity contribution in [3.63, 3.8) is 0 Å². The summed E-state index contributed by atoms with van der Waals surface area (Å²) in [6, 6.07) is 6.03. The molecule has 0 bridgehead atoms. The van der Waals surface area contributed by atoms with Gasteiger partial charge in [0.1, 0.15) is 5.75 Å². The monoisotopic (exact) mass is 196 g/mol. The molecule has 13 heavy (non-hydrogen) atoms. The van der Waals surface area contributed by atoms with Crippen molar-refractivity contribution in [2.24, 2.45) is 0 Å². The summed E-state index contributed by atoms with van der Waals surface area (Å²) >= 11 is 4.35. The third-order valence-corrected chi connectivity index (χ3v) is 2.36. The average molecular weight is 196 g/mol. The van der Waals surface area contributed by atoms with E-state index in [1.54, 1.807) is 7.11 Å². The highest BCUT2D eigenvalue weighted by Crippen LogP contribution is 2.35. The number of ether oxygens (including phenoxy) is 1. The minimum Gasteiger partial charge on any atom is -0.495 e. The van der Waals surface area contributed by atoms with Crippen LogP contribution in [0.2, 0.25) is 0 Å². The van der Waals surface area contributed by atoms with Gasteiger partial charge in [-0.1, -0.05) is 32.9 Å². The topological polar surface area (TPSA) is 9.23 Å². The van der Waals surface area contributed by atoms with Gasteiger partial charge in [-0.05, 0) is 11.5 Å². The summed E-state index contributed by atoms with van der Waals surface area (Å²) in [7, 11) is 1.68. The molecule has 72 valence electrons. The maximum Gasteiger partial charge on any atom is 0.135 e. The Bertz CT molecular complexity index is 299. The molecule has 0 N–H and O–H groups in total. The minimum absolute atomic E-state index is 0.101. The number of methoxy groups -OCH3 is 1. The maximum atomic E-state index is 5.33. The summed E-state index contributed by atoms with van der Waals surface area (Å²) in [6.07, 6.45) is 0. The molecule has 0 heterocycles. The standard InChI is InChI=1S/C11H16OS/c1-11(2,3)8-6-5-7-9(13)10(8)12-4/h5-7,13H,1-4H3. The SMILES string of the molecule is COc1c(S)cccc1C(C)(C)C. The van der Waals surface area contributed by atoms with Crippen molar-refractivity contribution in [1.82, 2.24) is 0 Å². The van der Waals surface area contributed by atoms with Crippen molar-refractivity contribution in [2.75, 3.05) is 7.11 Å². The highest BCUT2D eigenvalue weighted by atomic mass is 32.1. The van der Waals surface area contributed by atoms with Gasteiger partial charge in [-0.2, -0.15) is 0 Å². The number of benzene rings is 1. The molecule has 0 atom stereocenters. The van der Waals surface area contributed by atoms with Crippen molar-refractivity contribution < 1.29 is 4.74 Å². The fourth-order valence-corrected chi connectivity index (χ4v) is 1.63. The number of hydrogen-bond donors (Lipinski definition) is 1. The third kappa shape index (κ3) is 2.19. The summed E-state index contributed by atoms with van der Waals surface area (Å²) in [4.78, 5) is 0.898. The predicted molar refractivity (Wildman–Crippen MR) is 58.9 cm³/mol. The van der Waals surface area contributed by atoms with E-state index in [0.29, 0.717) is 0 Å². The van der Waals surface area contributed by atoms with E-state index in [1.807, 2.05) is 12.1 Å². The Morgan fingerprint density at radius 3 is 2.23 bits per heavy atom. The van der Waals surface area contributed by atoms with Crippen LogP contribution >= 0.6 is 12.6 Å². The highest BCUT2D eigenvalue weighted by Gasteiger charge is 2.19. The van der Waals surface area contributed by atoms with Gasteiger partial charge >= 0.3 is 0 Å². The molecule has 0 fully saturated rings. The molecule has 1 rings (SSSR count). The van der Waals surface area contributed by atoms with Crippen molar-refractivity contribution >= 4 is 12.6 Å². The van der Waals surface area contributed by atoms with Gasteiger partial charge in [0, 0.05) is 10.5 Å². The van der Waals surface area contributed by atoms with Crippen LogP contribution in [0.5, 0.6) is 5.75 Å². The summed E-state index contributed by atoms with van der Waals surface area (Å²) in [5.74, 6) is 0.887. The van der Waals surface area contributed by atoms with Crippen molar-refractivity contribution in [3.05, 3.63) is 23.8 Å². The Balaban J connectivity index is 3.29. The molecule has 1 aromatic carbocycles. The zero-order valence-corrected chi connectivity index (χ0v) is 9.48. The van der Waals surface area contributed by atoms with Gasteiger partial charge in [-0.15, -0.1) is 12.6 Å². The molecule has 0 spiro atoms. The molecule has 1 aromatic rings. The predicted octanol–water partition coefficient (Wildman–Crippen LogP) is 3.28. The van der Waals surface area contributed by atoms with Gasteiger partial charge < -0.3 is 4.74 Å². The van der Waals surface area contributed by atoms with Crippen LogP contribution in [0.15, 0.2) is 23.1 Å². The fourth-order valence-electron chi connectivity index (χ4n) is 1.33. The molecule has 0 amide bonds. The van der Waals surface area contributed by atoms with E-state index in [-0.39, 0.29) is 5.41 Å². The largest absolute Gasteiger partial charge is 0.495 e. The number of para-hydroxylation sites is 1. The lowest BCUT2D eigenvalue weighted by Gasteiger charge is -2.22. The van der Waals surface area contributed by atoms with Crippen LogP contribution in [0.4, 0.5) is 0 Å². The van der Waals surface area contributed by atoms with Crippen molar-refractivity contribution in [1.29, 1.82) is 0 Å². The Kier molecular flexibility index (Phi) is 2.91. The molecule has 0 unspecified atom stereocenters. The molecule has 1 nitrogen and oxygen atoms in total. The minimum atomic E-state index is 0.101. The Labute approximate surface area is 85.5 Å². The van der Waals surface area contributed by atoms with Crippen molar-refractivity contribution in [3.8, 4) is 5.75 Å². The first-order valence-corrected chi connectivity index (χ1v) is 4.78. The molecular formula is C11H16OS. The van der Waals surface area contributed by atoms with E-state index in [1.165, 1.54) is 5.56 Å². The summed E-state index contributed by atoms with van der Waals surface area (Å²) in [5.41, 5.74) is 1.30. The quantitative estimate of drug-likeness (QED) is 0.678. The first kappa shape index (κ1) is 10.5. The summed E-state index contributed by atoms with van der Waals surface area (Å²) in [5, 5.41) is 0. The average Bonchev–Trinajstić information content (AvgIpc) is 2.02. The molecule has 0 aromatic heterocycles. The number of hydrogen-bond acceptors (Lipinski definition) is 2. The smallest absolute Gasteiger partial charge is 0.135 e. The van der Waals surface area contributed by atoms with Gasteiger partial charge in [0.15, 0.2) is 0 Å². The molecule has 0 saturated carbocycles. The highest BCUT2D eigenvalue weighted by molar-refractivity contribution is 7.80. The van der Waals surface area contributed by atoms with Gasteiger partial charge in [0.25, 0.3) is 0 Å². The Hall–Kier alpha value is -0.630. The normalized spacial score (nSPS) is 11.5. The first-order valence-electron chi connectivity index (χ1n) is 4.33. The van der Waals surface area contributed by atoms with Crippen LogP contribution in [0.25, 0.3) is 0 Å². The van der Waals surface area contributed by atoms with Crippen LogP contribution in [-0.4, -0.2) is 7.11 Å². The molecular weight excluding hydrogens is 180 g/mol. The Morgan fingerprint density at radius 2 is 1.85 bits per heavy atom. The van der Waals surface area contributed by atoms with E-state index in [0.717, 1.165) is 10.6 Å². The fraction of sp³-hybridized carbons (Fsp3) is 0.455. The van der Waals surface area contributed by atoms with Crippen LogP contribution in [-0.2, 0) is 5.41 Å². The number of rotatable bonds is 1. The first-order chi connectivity index (χ1) is 5.96. The van der Waals surface area contributed by atoms with E-state index in [9.17, 15) is 0 Å². The van der Waals surface area contributed by atoms with E-state index in [4.69, 9.17) is 4.74 Å². The van der Waals surface area contributed by atoms with E-state index in [2.05, 4.69) is 39.5 Å². The molecule has 2 heteroatoms. The second kappa shape index (κ2) is 3.62. The van der Waals surface area contributed by atoms with Gasteiger partial charge in [-0.3, -0.25) is 0 Å². The lowest BCUT2D eigenvalue weighted by Crippen LogP contribution is -2.12. The molecule has 0 aliphatic carbocycles.